The lowest BCUT2D eigenvalue weighted by molar-refractivity contribution is -0.118. The molecule has 1 unspecified atom stereocenters. The number of carbonyl (C=O) groups is 1. The third-order valence-corrected chi connectivity index (χ3v) is 9.75. The van der Waals surface area contributed by atoms with E-state index < -0.39 is 6.04 Å². The molecule has 2 heterocycles. The number of thioether (sulfide) groups is 1. The van der Waals surface area contributed by atoms with Crippen LogP contribution in [0, 0.1) is 12.3 Å². The second-order valence-corrected chi connectivity index (χ2v) is 14.1. The second kappa shape index (κ2) is 12.6. The van der Waals surface area contributed by atoms with Gasteiger partial charge in [-0.15, -0.1) is 5.10 Å². The van der Waals surface area contributed by atoms with Gasteiger partial charge in [0.05, 0.1) is 11.1 Å². The van der Waals surface area contributed by atoms with Crippen LogP contribution in [0.1, 0.15) is 61.9 Å². The highest BCUT2D eigenvalue weighted by molar-refractivity contribution is 9.10. The molecule has 0 amide bonds. The number of aromatic nitrogens is 3. The van der Waals surface area contributed by atoms with Gasteiger partial charge in [-0.2, -0.15) is 4.98 Å². The molecule has 4 aromatic rings. The number of halogens is 2. The van der Waals surface area contributed by atoms with E-state index in [1.807, 2.05) is 60.1 Å². The lowest BCUT2D eigenvalue weighted by Crippen LogP contribution is -2.36. The average Bonchev–Trinajstić information content (AvgIpc) is 3.38. The molecule has 44 heavy (non-hydrogen) atoms. The summed E-state index contributed by atoms with van der Waals surface area (Å²) in [7, 11) is 0. The predicted molar refractivity (Wildman–Crippen MR) is 179 cm³/mol. The monoisotopic (exact) mass is 692 g/mol. The van der Waals surface area contributed by atoms with Crippen molar-refractivity contribution < 1.29 is 14.3 Å². The highest BCUT2D eigenvalue weighted by Gasteiger charge is 2.42. The third-order valence-electron chi connectivity index (χ3n) is 7.91. The molecule has 1 aliphatic carbocycles. The topological polar surface area (TPSA) is 78.3 Å². The van der Waals surface area contributed by atoms with Gasteiger partial charge in [0.2, 0.25) is 11.1 Å². The van der Waals surface area contributed by atoms with E-state index in [0.717, 1.165) is 38.8 Å². The van der Waals surface area contributed by atoms with Crippen LogP contribution in [0.2, 0.25) is 5.02 Å². The van der Waals surface area contributed by atoms with E-state index in [-0.39, 0.29) is 11.2 Å². The van der Waals surface area contributed by atoms with Gasteiger partial charge in [0.1, 0.15) is 12.6 Å². The van der Waals surface area contributed by atoms with Gasteiger partial charge in [-0.1, -0.05) is 79.7 Å². The average molecular weight is 694 g/mol. The Bertz CT molecular complexity index is 1770. The Kier molecular flexibility index (Phi) is 8.81. The largest absolute Gasteiger partial charge is 0.490 e. The molecular formula is C34H34BrClN4O3S. The number of hydrogen-bond acceptors (Lipinski definition) is 7. The van der Waals surface area contributed by atoms with Crippen molar-refractivity contribution >= 4 is 51.0 Å². The number of aryl methyl sites for hydroxylation is 1. The molecule has 3 aromatic carbocycles. The molecule has 0 fully saturated rings. The Morgan fingerprint density at radius 2 is 1.84 bits per heavy atom. The highest BCUT2D eigenvalue weighted by Crippen LogP contribution is 2.48. The number of ketones is 1. The minimum Gasteiger partial charge on any atom is -0.490 e. The Morgan fingerprint density at radius 1 is 1.09 bits per heavy atom. The number of Topliss-reactive ketones (excluding diaryl/α,β-unsaturated/α-hetero) is 1. The van der Waals surface area contributed by atoms with Crippen molar-refractivity contribution in [2.45, 2.75) is 64.1 Å². The molecule has 6 rings (SSSR count). The van der Waals surface area contributed by atoms with Gasteiger partial charge >= 0.3 is 0 Å². The molecular weight excluding hydrogens is 660 g/mol. The number of allylic oxidation sites excluding steroid dienone is 2. The van der Waals surface area contributed by atoms with Gasteiger partial charge < -0.3 is 14.8 Å². The first-order valence-electron chi connectivity index (χ1n) is 14.6. The summed E-state index contributed by atoms with van der Waals surface area (Å²) in [5, 5.41) is 9.70. The summed E-state index contributed by atoms with van der Waals surface area (Å²) in [6, 6.07) is 19.4. The second-order valence-electron chi connectivity index (χ2n) is 11.9. The Labute approximate surface area is 275 Å². The molecule has 0 radical (unpaired) electrons. The fourth-order valence-corrected chi connectivity index (χ4v) is 7.48. The number of rotatable bonds is 9. The normalized spacial score (nSPS) is 17.1. The number of anilines is 1. The predicted octanol–water partition coefficient (Wildman–Crippen LogP) is 8.93. The number of hydrogen-bond donors (Lipinski definition) is 1. The summed E-state index contributed by atoms with van der Waals surface area (Å²) < 4.78 is 15.0. The highest BCUT2D eigenvalue weighted by atomic mass is 79.9. The van der Waals surface area contributed by atoms with Crippen molar-refractivity contribution in [2.24, 2.45) is 5.41 Å². The molecule has 10 heteroatoms. The van der Waals surface area contributed by atoms with Gasteiger partial charge in [-0.25, -0.2) is 4.68 Å². The SMILES string of the molecule is CCOc1cc(C2C3=C(CC(C)(C)CC3=O)Nc3nc(SCc4ccccc4Cl)nn32)cc(Br)c1OCc1ccccc1C. The minimum absolute atomic E-state index is 0.106. The number of ether oxygens (including phenoxy) is 2. The van der Waals surface area contributed by atoms with Crippen LogP contribution in [0.5, 0.6) is 11.5 Å². The summed E-state index contributed by atoms with van der Waals surface area (Å²) in [5.74, 6) is 2.56. The summed E-state index contributed by atoms with van der Waals surface area (Å²) in [6.45, 7) is 9.13. The van der Waals surface area contributed by atoms with Crippen molar-refractivity contribution in [1.82, 2.24) is 14.8 Å². The molecule has 228 valence electrons. The summed E-state index contributed by atoms with van der Waals surface area (Å²) in [5.41, 5.74) is 5.58. The van der Waals surface area contributed by atoms with E-state index >= 15 is 0 Å². The van der Waals surface area contributed by atoms with Crippen molar-refractivity contribution in [1.29, 1.82) is 0 Å². The minimum atomic E-state index is -0.479. The number of fused-ring (bicyclic) bond motifs is 1. The van der Waals surface area contributed by atoms with Crippen molar-refractivity contribution in [3.63, 3.8) is 0 Å². The van der Waals surface area contributed by atoms with Crippen LogP contribution in [0.25, 0.3) is 0 Å². The molecule has 1 aromatic heterocycles. The first-order valence-corrected chi connectivity index (χ1v) is 16.8. The molecule has 1 aliphatic heterocycles. The number of carbonyl (C=O) groups excluding carboxylic acids is 1. The number of nitrogens with zero attached hydrogens (tertiary/aromatic N) is 3. The Hall–Kier alpha value is -3.27. The smallest absolute Gasteiger partial charge is 0.227 e. The van der Waals surface area contributed by atoms with Crippen molar-refractivity contribution in [3.8, 4) is 11.5 Å². The van der Waals surface area contributed by atoms with Gasteiger partial charge in [-0.05, 0) is 82.1 Å². The standard InChI is InChI=1S/C34H34BrClN4O3S/c1-5-42-28-15-23(14-24(35)31(28)43-18-21-11-7-6-10-20(21)2)30-29-26(16-34(3,4)17-27(29)41)37-32-38-33(39-40(30)32)44-19-22-12-8-9-13-25(22)36/h6-15,30H,5,16-19H2,1-4H3,(H,37,38,39). The van der Waals surface area contributed by atoms with Gasteiger partial charge in [0, 0.05) is 28.5 Å². The molecule has 0 bridgehead atoms. The number of nitrogens with one attached hydrogen (secondary N) is 1. The van der Waals surface area contributed by atoms with E-state index in [0.29, 0.717) is 58.6 Å². The van der Waals surface area contributed by atoms with Crippen LogP contribution in [0.3, 0.4) is 0 Å². The fourth-order valence-electron chi connectivity index (χ4n) is 5.79. The fraction of sp³-hybridized carbons (Fsp3) is 0.324. The number of benzene rings is 3. The maximum atomic E-state index is 13.8. The third kappa shape index (κ3) is 6.28. The van der Waals surface area contributed by atoms with Crippen LogP contribution >= 0.6 is 39.3 Å². The van der Waals surface area contributed by atoms with E-state index in [1.165, 1.54) is 11.8 Å². The van der Waals surface area contributed by atoms with Crippen LogP contribution in [-0.2, 0) is 17.2 Å². The molecule has 0 spiro atoms. The van der Waals surface area contributed by atoms with Gasteiger partial charge in [0.25, 0.3) is 0 Å². The van der Waals surface area contributed by atoms with Crippen LogP contribution in [0.15, 0.2) is 81.6 Å². The lowest BCUT2D eigenvalue weighted by Gasteiger charge is -2.38. The Balaban J connectivity index is 1.39. The summed E-state index contributed by atoms with van der Waals surface area (Å²) in [6.07, 6.45) is 1.19. The van der Waals surface area contributed by atoms with Crippen LogP contribution in [-0.4, -0.2) is 27.2 Å². The maximum Gasteiger partial charge on any atom is 0.227 e. The Morgan fingerprint density at radius 3 is 2.59 bits per heavy atom. The first-order chi connectivity index (χ1) is 21.1. The van der Waals surface area contributed by atoms with E-state index in [2.05, 4.69) is 54.2 Å². The van der Waals surface area contributed by atoms with Crippen LogP contribution < -0.4 is 14.8 Å². The molecule has 1 N–H and O–H groups in total. The maximum absolute atomic E-state index is 13.8. The summed E-state index contributed by atoms with van der Waals surface area (Å²) >= 11 is 11.7. The summed E-state index contributed by atoms with van der Waals surface area (Å²) in [4.78, 5) is 18.7. The van der Waals surface area contributed by atoms with E-state index in [1.54, 1.807) is 0 Å². The zero-order valence-corrected chi connectivity index (χ0v) is 28.3. The van der Waals surface area contributed by atoms with Gasteiger partial charge in [-0.3, -0.25) is 4.79 Å². The zero-order valence-electron chi connectivity index (χ0n) is 25.1. The van der Waals surface area contributed by atoms with E-state index in [9.17, 15) is 4.79 Å². The molecule has 1 atom stereocenters. The lowest BCUT2D eigenvalue weighted by atomic mass is 9.73. The molecule has 0 saturated carbocycles. The van der Waals surface area contributed by atoms with Crippen molar-refractivity contribution in [3.05, 3.63) is 104 Å². The van der Waals surface area contributed by atoms with Crippen molar-refractivity contribution in [2.75, 3.05) is 11.9 Å². The zero-order chi connectivity index (χ0) is 31.0. The van der Waals surface area contributed by atoms with E-state index in [4.69, 9.17) is 31.2 Å². The van der Waals surface area contributed by atoms with Gasteiger partial charge in [0.15, 0.2) is 17.3 Å². The molecule has 0 saturated heterocycles. The molecule has 7 nitrogen and oxygen atoms in total. The first kappa shape index (κ1) is 30.7. The quantitative estimate of drug-likeness (QED) is 0.175. The molecule has 2 aliphatic rings. The van der Waals surface area contributed by atoms with Crippen LogP contribution in [0.4, 0.5) is 5.95 Å².